The maximum absolute atomic E-state index is 10.4. The monoisotopic (exact) mass is 243 g/mol. The molecule has 0 aliphatic heterocycles. The topological polar surface area (TPSA) is 33.1 Å². The van der Waals surface area contributed by atoms with Gasteiger partial charge in [0.05, 0.1) is 11.8 Å². The maximum Gasteiger partial charge on any atom is 0.0968 e. The van der Waals surface area contributed by atoms with Gasteiger partial charge >= 0.3 is 0 Å². The van der Waals surface area contributed by atoms with E-state index in [9.17, 15) is 5.11 Å². The van der Waals surface area contributed by atoms with Gasteiger partial charge in [0.25, 0.3) is 0 Å². The molecule has 1 heterocycles. The van der Waals surface area contributed by atoms with Crippen LogP contribution in [0.3, 0.4) is 0 Å². The van der Waals surface area contributed by atoms with Crippen molar-refractivity contribution >= 4 is 10.8 Å². The first-order valence-corrected chi connectivity index (χ1v) is 6.74. The summed E-state index contributed by atoms with van der Waals surface area (Å²) in [6.07, 6.45) is 4.43. The van der Waals surface area contributed by atoms with Crippen LogP contribution in [0.5, 0.6) is 0 Å². The second-order valence-electron chi connectivity index (χ2n) is 5.06. The van der Waals surface area contributed by atoms with E-state index in [1.54, 1.807) is 6.20 Å². The predicted octanol–water partition coefficient (Wildman–Crippen LogP) is 4.09. The number of aliphatic hydroxyl groups is 1. The summed E-state index contributed by atoms with van der Waals surface area (Å²) in [5.41, 5.74) is 0.816. The first-order chi connectivity index (χ1) is 8.72. The van der Waals surface area contributed by atoms with Crippen LogP contribution in [-0.2, 0) is 0 Å². The summed E-state index contributed by atoms with van der Waals surface area (Å²) in [6, 6.07) is 10.1. The molecule has 1 aromatic carbocycles. The molecule has 0 saturated heterocycles. The van der Waals surface area contributed by atoms with Crippen LogP contribution < -0.4 is 0 Å². The lowest BCUT2D eigenvalue weighted by Crippen LogP contribution is -2.06. The molecule has 0 aliphatic rings. The Hall–Kier alpha value is -1.41. The Balaban J connectivity index is 2.24. The standard InChI is InChI=1S/C16H21NO/c1-3-6-12(2)11-15(18)16-14-8-5-4-7-13(14)9-10-17-16/h4-5,7-10,12,15,18H,3,6,11H2,1-2H3. The predicted molar refractivity (Wildman–Crippen MR) is 75.4 cm³/mol. The third-order valence-electron chi connectivity index (χ3n) is 3.43. The summed E-state index contributed by atoms with van der Waals surface area (Å²) in [6.45, 7) is 4.37. The first kappa shape index (κ1) is 13.0. The molecule has 96 valence electrons. The zero-order chi connectivity index (χ0) is 13.0. The van der Waals surface area contributed by atoms with Crippen molar-refractivity contribution in [2.75, 3.05) is 0 Å². The fourth-order valence-electron chi connectivity index (χ4n) is 2.51. The molecule has 1 aromatic heterocycles. The quantitative estimate of drug-likeness (QED) is 0.857. The molecule has 1 N–H and O–H groups in total. The third-order valence-corrected chi connectivity index (χ3v) is 3.43. The fraction of sp³-hybridized carbons (Fsp3) is 0.438. The highest BCUT2D eigenvalue weighted by molar-refractivity contribution is 5.84. The van der Waals surface area contributed by atoms with E-state index in [0.717, 1.165) is 35.7 Å². The minimum absolute atomic E-state index is 0.461. The molecule has 0 spiro atoms. The Morgan fingerprint density at radius 2 is 2.00 bits per heavy atom. The number of nitrogens with zero attached hydrogens (tertiary/aromatic N) is 1. The van der Waals surface area contributed by atoms with Crippen LogP contribution in [0, 0.1) is 5.92 Å². The Morgan fingerprint density at radius 1 is 1.22 bits per heavy atom. The second-order valence-corrected chi connectivity index (χ2v) is 5.06. The molecule has 0 radical (unpaired) electrons. The lowest BCUT2D eigenvalue weighted by Gasteiger charge is -2.16. The number of aromatic nitrogens is 1. The van der Waals surface area contributed by atoms with Gasteiger partial charge in [-0.25, -0.2) is 0 Å². The van der Waals surface area contributed by atoms with E-state index in [4.69, 9.17) is 0 Å². The molecule has 2 atom stereocenters. The molecule has 2 nitrogen and oxygen atoms in total. The van der Waals surface area contributed by atoms with Crippen LogP contribution in [0.2, 0.25) is 0 Å². The van der Waals surface area contributed by atoms with Gasteiger partial charge in [-0.2, -0.15) is 0 Å². The summed E-state index contributed by atoms with van der Waals surface area (Å²) >= 11 is 0. The number of aliphatic hydroxyl groups excluding tert-OH is 1. The van der Waals surface area contributed by atoms with Gasteiger partial charge in [-0.3, -0.25) is 4.98 Å². The summed E-state index contributed by atoms with van der Waals surface area (Å²) in [7, 11) is 0. The van der Waals surface area contributed by atoms with Crippen molar-refractivity contribution in [2.45, 2.75) is 39.2 Å². The molecule has 0 saturated carbocycles. The minimum Gasteiger partial charge on any atom is -0.387 e. The minimum atomic E-state index is -0.461. The van der Waals surface area contributed by atoms with Gasteiger partial charge in [0.1, 0.15) is 0 Å². The molecular formula is C16H21NO. The van der Waals surface area contributed by atoms with E-state index in [1.165, 1.54) is 0 Å². The Morgan fingerprint density at radius 3 is 2.78 bits per heavy atom. The third kappa shape index (κ3) is 2.88. The number of rotatable bonds is 5. The van der Waals surface area contributed by atoms with Crippen LogP contribution in [0.4, 0.5) is 0 Å². The van der Waals surface area contributed by atoms with Crippen molar-refractivity contribution in [3.05, 3.63) is 42.2 Å². The van der Waals surface area contributed by atoms with Crippen LogP contribution >= 0.6 is 0 Å². The van der Waals surface area contributed by atoms with Crippen molar-refractivity contribution in [2.24, 2.45) is 5.92 Å². The first-order valence-electron chi connectivity index (χ1n) is 6.74. The van der Waals surface area contributed by atoms with Crippen LogP contribution in [0.15, 0.2) is 36.5 Å². The summed E-state index contributed by atoms with van der Waals surface area (Å²) < 4.78 is 0. The smallest absolute Gasteiger partial charge is 0.0968 e. The highest BCUT2D eigenvalue weighted by Gasteiger charge is 2.15. The van der Waals surface area contributed by atoms with E-state index in [1.807, 2.05) is 24.3 Å². The van der Waals surface area contributed by atoms with E-state index in [0.29, 0.717) is 5.92 Å². The molecule has 2 aromatic rings. The molecule has 0 fully saturated rings. The normalized spacial score (nSPS) is 14.6. The van der Waals surface area contributed by atoms with Crippen molar-refractivity contribution in [3.8, 4) is 0 Å². The lowest BCUT2D eigenvalue weighted by atomic mass is 9.95. The van der Waals surface area contributed by atoms with Crippen LogP contribution in [0.1, 0.15) is 44.9 Å². The van der Waals surface area contributed by atoms with Gasteiger partial charge in [-0.05, 0) is 23.8 Å². The fourth-order valence-corrected chi connectivity index (χ4v) is 2.51. The summed E-state index contributed by atoms with van der Waals surface area (Å²) in [5, 5.41) is 12.6. The molecule has 0 bridgehead atoms. The zero-order valence-electron chi connectivity index (χ0n) is 11.1. The molecule has 2 rings (SSSR count). The number of benzene rings is 1. The summed E-state index contributed by atoms with van der Waals surface area (Å²) in [4.78, 5) is 4.37. The average Bonchev–Trinajstić information content (AvgIpc) is 2.38. The van der Waals surface area contributed by atoms with Crippen molar-refractivity contribution in [1.82, 2.24) is 4.98 Å². The Bertz CT molecular complexity index is 504. The van der Waals surface area contributed by atoms with E-state index < -0.39 is 6.10 Å². The molecular weight excluding hydrogens is 222 g/mol. The largest absolute Gasteiger partial charge is 0.387 e. The molecule has 0 aliphatic carbocycles. The Kier molecular flexibility index (Phi) is 4.32. The molecule has 18 heavy (non-hydrogen) atoms. The number of pyridine rings is 1. The number of fused-ring (bicyclic) bond motifs is 1. The lowest BCUT2D eigenvalue weighted by molar-refractivity contribution is 0.142. The van der Waals surface area contributed by atoms with E-state index in [2.05, 4.69) is 24.9 Å². The van der Waals surface area contributed by atoms with E-state index in [-0.39, 0.29) is 0 Å². The van der Waals surface area contributed by atoms with Gasteiger partial charge in [-0.1, -0.05) is 51.0 Å². The SMILES string of the molecule is CCCC(C)CC(O)c1nccc2ccccc12. The van der Waals surface area contributed by atoms with Gasteiger partial charge in [0, 0.05) is 11.6 Å². The Labute approximate surface area is 109 Å². The highest BCUT2D eigenvalue weighted by atomic mass is 16.3. The zero-order valence-corrected chi connectivity index (χ0v) is 11.1. The van der Waals surface area contributed by atoms with Crippen molar-refractivity contribution < 1.29 is 5.11 Å². The number of hydrogen-bond donors (Lipinski definition) is 1. The van der Waals surface area contributed by atoms with Gasteiger partial charge < -0.3 is 5.11 Å². The average molecular weight is 243 g/mol. The van der Waals surface area contributed by atoms with E-state index >= 15 is 0 Å². The van der Waals surface area contributed by atoms with Crippen LogP contribution in [-0.4, -0.2) is 10.1 Å². The van der Waals surface area contributed by atoms with Gasteiger partial charge in [0.2, 0.25) is 0 Å². The number of hydrogen-bond acceptors (Lipinski definition) is 2. The highest BCUT2D eigenvalue weighted by Crippen LogP contribution is 2.27. The second kappa shape index (κ2) is 5.96. The van der Waals surface area contributed by atoms with Crippen molar-refractivity contribution in [1.29, 1.82) is 0 Å². The molecule has 2 unspecified atom stereocenters. The summed E-state index contributed by atoms with van der Waals surface area (Å²) in [5.74, 6) is 0.533. The van der Waals surface area contributed by atoms with Crippen molar-refractivity contribution in [3.63, 3.8) is 0 Å². The molecule has 2 heteroatoms. The molecule has 0 amide bonds. The van der Waals surface area contributed by atoms with Crippen LogP contribution in [0.25, 0.3) is 10.8 Å². The van der Waals surface area contributed by atoms with Gasteiger partial charge in [0.15, 0.2) is 0 Å². The maximum atomic E-state index is 10.4. The van der Waals surface area contributed by atoms with Gasteiger partial charge in [-0.15, -0.1) is 0 Å².